The maximum atomic E-state index is 13.2. The number of carbonyl (C=O) groups excluding carboxylic acids is 1. The third-order valence-corrected chi connectivity index (χ3v) is 5.36. The van der Waals surface area contributed by atoms with Crippen molar-refractivity contribution in [1.82, 2.24) is 10.2 Å². The molecule has 2 aliphatic rings. The molecule has 24 heavy (non-hydrogen) atoms. The summed E-state index contributed by atoms with van der Waals surface area (Å²) in [6.07, 6.45) is 3.38. The van der Waals surface area contributed by atoms with Crippen LogP contribution in [0.2, 0.25) is 0 Å². The predicted octanol–water partition coefficient (Wildman–Crippen LogP) is 3.36. The van der Waals surface area contributed by atoms with Gasteiger partial charge in [-0.3, -0.25) is 4.79 Å². The van der Waals surface area contributed by atoms with Crippen molar-refractivity contribution in [3.63, 3.8) is 0 Å². The number of carbonyl (C=O) groups is 1. The smallest absolute Gasteiger partial charge is 0.227 e. The van der Waals surface area contributed by atoms with E-state index in [2.05, 4.69) is 29.6 Å². The van der Waals surface area contributed by atoms with Gasteiger partial charge in [-0.05, 0) is 30.4 Å². The lowest BCUT2D eigenvalue weighted by Crippen LogP contribution is -2.40. The Morgan fingerprint density at radius 1 is 0.917 bits per heavy atom. The summed E-state index contributed by atoms with van der Waals surface area (Å²) in [6, 6.07) is 21.6. The molecule has 2 aromatic rings. The first-order valence-electron chi connectivity index (χ1n) is 8.92. The molecule has 3 atom stereocenters. The molecule has 3 unspecified atom stereocenters. The van der Waals surface area contributed by atoms with Gasteiger partial charge in [0, 0.05) is 25.2 Å². The minimum atomic E-state index is 0.149. The number of fused-ring (bicyclic) bond motifs is 2. The highest BCUT2D eigenvalue weighted by atomic mass is 16.2. The molecular formula is C21H24N2O. The first kappa shape index (κ1) is 15.4. The predicted molar refractivity (Wildman–Crippen MR) is 95.2 cm³/mol. The van der Waals surface area contributed by atoms with Crippen LogP contribution in [0.25, 0.3) is 0 Å². The van der Waals surface area contributed by atoms with Gasteiger partial charge in [-0.25, -0.2) is 0 Å². The Morgan fingerprint density at radius 3 is 1.96 bits per heavy atom. The van der Waals surface area contributed by atoms with Crippen LogP contribution in [0.5, 0.6) is 0 Å². The second kappa shape index (κ2) is 6.78. The molecule has 2 heterocycles. The van der Waals surface area contributed by atoms with E-state index in [1.165, 1.54) is 17.5 Å². The van der Waals surface area contributed by atoms with E-state index in [0.29, 0.717) is 31.1 Å². The fourth-order valence-electron chi connectivity index (χ4n) is 4.15. The Bertz CT molecular complexity index is 644. The van der Waals surface area contributed by atoms with Crippen LogP contribution in [0.4, 0.5) is 0 Å². The Kier molecular flexibility index (Phi) is 4.35. The molecule has 2 aromatic carbocycles. The van der Waals surface area contributed by atoms with Crippen LogP contribution in [0.3, 0.4) is 0 Å². The molecule has 0 aliphatic carbocycles. The van der Waals surface area contributed by atoms with E-state index in [1.54, 1.807) is 0 Å². The molecule has 0 saturated carbocycles. The zero-order valence-corrected chi connectivity index (χ0v) is 13.9. The topological polar surface area (TPSA) is 32.3 Å². The van der Waals surface area contributed by atoms with Gasteiger partial charge in [-0.1, -0.05) is 60.7 Å². The van der Waals surface area contributed by atoms with Crippen LogP contribution in [0, 0.1) is 5.92 Å². The first-order chi connectivity index (χ1) is 11.8. The van der Waals surface area contributed by atoms with Gasteiger partial charge in [0.2, 0.25) is 5.91 Å². The number of nitrogens with zero attached hydrogens (tertiary/aromatic N) is 1. The van der Waals surface area contributed by atoms with Crippen molar-refractivity contribution >= 4 is 5.91 Å². The highest BCUT2D eigenvalue weighted by Crippen LogP contribution is 2.34. The summed E-state index contributed by atoms with van der Waals surface area (Å²) in [5.41, 5.74) is 2.38. The number of nitrogens with one attached hydrogen (secondary N) is 1. The summed E-state index contributed by atoms with van der Waals surface area (Å²) in [4.78, 5) is 15.3. The number of hydrogen-bond acceptors (Lipinski definition) is 2. The highest BCUT2D eigenvalue weighted by Gasteiger charge is 2.44. The van der Waals surface area contributed by atoms with Crippen molar-refractivity contribution in [2.45, 2.75) is 44.4 Å². The highest BCUT2D eigenvalue weighted by molar-refractivity contribution is 5.80. The molecule has 2 saturated heterocycles. The maximum Gasteiger partial charge on any atom is 0.227 e. The largest absolute Gasteiger partial charge is 0.334 e. The third kappa shape index (κ3) is 3.22. The van der Waals surface area contributed by atoms with Crippen molar-refractivity contribution in [2.24, 2.45) is 5.92 Å². The summed E-state index contributed by atoms with van der Waals surface area (Å²) in [7, 11) is 0. The van der Waals surface area contributed by atoms with Crippen LogP contribution in [0.1, 0.15) is 30.4 Å². The average molecular weight is 320 g/mol. The molecule has 4 rings (SSSR count). The fraction of sp³-hybridized carbons (Fsp3) is 0.381. The Labute approximate surface area is 143 Å². The van der Waals surface area contributed by atoms with Gasteiger partial charge in [0.1, 0.15) is 0 Å². The number of amides is 1. The molecule has 2 fully saturated rings. The summed E-state index contributed by atoms with van der Waals surface area (Å²) in [5.74, 6) is 0.457. The quantitative estimate of drug-likeness (QED) is 0.916. The van der Waals surface area contributed by atoms with E-state index in [1.807, 2.05) is 41.3 Å². The standard InChI is InChI=1S/C21H24N2O/c24-21(19-13-18-11-12-20(19)22-18)23(14-16-7-3-1-4-8-16)15-17-9-5-2-6-10-17/h1-10,18-20,22H,11-15H2. The van der Waals surface area contributed by atoms with E-state index in [-0.39, 0.29) is 5.92 Å². The summed E-state index contributed by atoms with van der Waals surface area (Å²) in [6.45, 7) is 1.37. The van der Waals surface area contributed by atoms with Gasteiger partial charge in [-0.15, -0.1) is 0 Å². The van der Waals surface area contributed by atoms with Crippen molar-refractivity contribution in [3.05, 3.63) is 71.8 Å². The van der Waals surface area contributed by atoms with Crippen LogP contribution < -0.4 is 5.32 Å². The van der Waals surface area contributed by atoms with Crippen LogP contribution in [-0.4, -0.2) is 22.9 Å². The van der Waals surface area contributed by atoms with Crippen LogP contribution in [-0.2, 0) is 17.9 Å². The van der Waals surface area contributed by atoms with Gasteiger partial charge in [0.15, 0.2) is 0 Å². The van der Waals surface area contributed by atoms with Crippen LogP contribution >= 0.6 is 0 Å². The SMILES string of the molecule is O=C(C1CC2CCC1N2)N(Cc1ccccc1)Cc1ccccc1. The van der Waals surface area contributed by atoms with E-state index in [0.717, 1.165) is 12.8 Å². The average Bonchev–Trinajstić information content (AvgIpc) is 3.26. The number of benzene rings is 2. The lowest BCUT2D eigenvalue weighted by Gasteiger charge is -2.29. The molecule has 0 radical (unpaired) electrons. The molecular weight excluding hydrogens is 296 g/mol. The van der Waals surface area contributed by atoms with Gasteiger partial charge >= 0.3 is 0 Å². The summed E-state index contributed by atoms with van der Waals surface area (Å²) < 4.78 is 0. The van der Waals surface area contributed by atoms with Crippen LogP contribution in [0.15, 0.2) is 60.7 Å². The normalized spacial score (nSPS) is 24.9. The summed E-state index contributed by atoms with van der Waals surface area (Å²) in [5, 5.41) is 3.59. The Hall–Kier alpha value is -2.13. The summed E-state index contributed by atoms with van der Waals surface area (Å²) >= 11 is 0. The molecule has 1 N–H and O–H groups in total. The maximum absolute atomic E-state index is 13.2. The van der Waals surface area contributed by atoms with Gasteiger partial charge in [-0.2, -0.15) is 0 Å². The molecule has 0 spiro atoms. The second-order valence-corrected chi connectivity index (χ2v) is 7.06. The number of rotatable bonds is 5. The molecule has 3 nitrogen and oxygen atoms in total. The van der Waals surface area contributed by atoms with E-state index < -0.39 is 0 Å². The molecule has 2 bridgehead atoms. The van der Waals surface area contributed by atoms with E-state index in [9.17, 15) is 4.79 Å². The Morgan fingerprint density at radius 2 is 1.50 bits per heavy atom. The molecule has 2 aliphatic heterocycles. The lowest BCUT2D eigenvalue weighted by molar-refractivity contribution is -0.137. The van der Waals surface area contributed by atoms with Crippen molar-refractivity contribution in [2.75, 3.05) is 0 Å². The molecule has 0 aromatic heterocycles. The van der Waals surface area contributed by atoms with E-state index in [4.69, 9.17) is 0 Å². The molecule has 1 amide bonds. The zero-order chi connectivity index (χ0) is 16.4. The van der Waals surface area contributed by atoms with Gasteiger partial charge < -0.3 is 10.2 Å². The minimum Gasteiger partial charge on any atom is -0.334 e. The van der Waals surface area contributed by atoms with Crippen molar-refractivity contribution in [1.29, 1.82) is 0 Å². The minimum absolute atomic E-state index is 0.149. The van der Waals surface area contributed by atoms with Crippen molar-refractivity contribution in [3.8, 4) is 0 Å². The molecule has 3 heteroatoms. The Balaban J connectivity index is 1.54. The first-order valence-corrected chi connectivity index (χ1v) is 8.92. The third-order valence-electron chi connectivity index (χ3n) is 5.36. The van der Waals surface area contributed by atoms with E-state index >= 15 is 0 Å². The lowest BCUT2D eigenvalue weighted by atomic mass is 9.88. The fourth-order valence-corrected chi connectivity index (χ4v) is 4.15. The van der Waals surface area contributed by atoms with Gasteiger partial charge in [0.25, 0.3) is 0 Å². The second-order valence-electron chi connectivity index (χ2n) is 7.06. The molecule has 124 valence electrons. The van der Waals surface area contributed by atoms with Crippen molar-refractivity contribution < 1.29 is 4.79 Å². The number of hydrogen-bond donors (Lipinski definition) is 1. The van der Waals surface area contributed by atoms with Gasteiger partial charge in [0.05, 0.1) is 5.92 Å². The zero-order valence-electron chi connectivity index (χ0n) is 13.9. The monoisotopic (exact) mass is 320 g/mol.